The predicted octanol–water partition coefficient (Wildman–Crippen LogP) is 0.255. The third-order valence-electron chi connectivity index (χ3n) is 3.21. The van der Waals surface area contributed by atoms with Gasteiger partial charge in [-0.25, -0.2) is 13.1 Å². The van der Waals surface area contributed by atoms with E-state index in [1.807, 2.05) is 0 Å². The summed E-state index contributed by atoms with van der Waals surface area (Å²) in [5, 5.41) is 8.47. The van der Waals surface area contributed by atoms with Gasteiger partial charge in [-0.2, -0.15) is 0 Å². The van der Waals surface area contributed by atoms with Crippen molar-refractivity contribution in [2.45, 2.75) is 49.8 Å². The summed E-state index contributed by atoms with van der Waals surface area (Å²) in [6, 6.07) is -1.29. The summed E-state index contributed by atoms with van der Waals surface area (Å²) < 4.78 is 30.5. The van der Waals surface area contributed by atoms with Crippen molar-refractivity contribution in [1.82, 2.24) is 4.72 Å². The van der Waals surface area contributed by atoms with Gasteiger partial charge in [0.15, 0.2) is 0 Å². The maximum Gasteiger partial charge on any atom is 0.321 e. The molecule has 0 aliphatic heterocycles. The second-order valence-corrected chi connectivity index (χ2v) is 6.57. The van der Waals surface area contributed by atoms with Gasteiger partial charge in [0.1, 0.15) is 6.04 Å². The van der Waals surface area contributed by atoms with Gasteiger partial charge in [0, 0.05) is 6.42 Å². The molecule has 19 heavy (non-hydrogen) atoms. The molecule has 2 N–H and O–H groups in total. The molecule has 1 fully saturated rings. The van der Waals surface area contributed by atoms with Crippen LogP contribution in [-0.4, -0.2) is 43.9 Å². The van der Waals surface area contributed by atoms with Crippen molar-refractivity contribution in [3.05, 3.63) is 0 Å². The summed E-state index contributed by atoms with van der Waals surface area (Å²) in [7, 11) is -2.45. The Balaban J connectivity index is 2.62. The molecule has 110 valence electrons. The minimum Gasteiger partial charge on any atom is -0.480 e. The molecule has 0 bridgehead atoms. The van der Waals surface area contributed by atoms with Gasteiger partial charge in [-0.1, -0.05) is 12.8 Å². The van der Waals surface area contributed by atoms with Crippen LogP contribution in [0.4, 0.5) is 0 Å². The van der Waals surface area contributed by atoms with E-state index in [0.717, 1.165) is 12.8 Å². The Hall–Kier alpha value is -1.15. The minimum atomic E-state index is -3.64. The molecule has 1 atom stereocenters. The first-order valence-electron chi connectivity index (χ1n) is 6.17. The van der Waals surface area contributed by atoms with Crippen LogP contribution in [0.15, 0.2) is 0 Å². The fourth-order valence-electron chi connectivity index (χ4n) is 2.09. The highest BCUT2D eigenvalue weighted by Crippen LogP contribution is 2.24. The molecular formula is C11H19NO6S. The van der Waals surface area contributed by atoms with Gasteiger partial charge in [-0.05, 0) is 19.3 Å². The minimum absolute atomic E-state index is 0.117. The van der Waals surface area contributed by atoms with E-state index in [1.165, 1.54) is 7.11 Å². The Labute approximate surface area is 112 Å². The predicted molar refractivity (Wildman–Crippen MR) is 67.0 cm³/mol. The van der Waals surface area contributed by atoms with Gasteiger partial charge < -0.3 is 9.84 Å². The number of rotatable bonds is 7. The van der Waals surface area contributed by atoms with Crippen molar-refractivity contribution in [2.24, 2.45) is 0 Å². The van der Waals surface area contributed by atoms with E-state index in [-0.39, 0.29) is 12.8 Å². The Morgan fingerprint density at radius 1 is 1.37 bits per heavy atom. The number of hydrogen-bond donors (Lipinski definition) is 2. The molecule has 0 radical (unpaired) electrons. The number of methoxy groups -OCH3 is 1. The van der Waals surface area contributed by atoms with Crippen LogP contribution in [0.25, 0.3) is 0 Å². The molecular weight excluding hydrogens is 274 g/mol. The van der Waals surface area contributed by atoms with E-state index in [2.05, 4.69) is 9.46 Å². The van der Waals surface area contributed by atoms with E-state index in [0.29, 0.717) is 12.8 Å². The number of carbonyl (C=O) groups excluding carboxylic acids is 1. The lowest BCUT2D eigenvalue weighted by molar-refractivity contribution is -0.142. The maximum absolute atomic E-state index is 12.0. The molecule has 1 rings (SSSR count). The number of carboxylic acid groups (broad SMARTS) is 1. The molecule has 0 saturated heterocycles. The molecule has 0 aromatic rings. The van der Waals surface area contributed by atoms with Gasteiger partial charge in [0.2, 0.25) is 10.0 Å². The monoisotopic (exact) mass is 293 g/mol. The number of carboxylic acids is 1. The Bertz CT molecular complexity index is 426. The Morgan fingerprint density at radius 3 is 2.42 bits per heavy atom. The van der Waals surface area contributed by atoms with Gasteiger partial charge in [-0.15, -0.1) is 0 Å². The third-order valence-corrected chi connectivity index (χ3v) is 5.17. The standard InChI is InChI=1S/C11H19NO6S/c1-18-10(13)7-6-9(11(14)15)12-19(16,17)8-4-2-3-5-8/h8-9,12H,2-7H2,1H3,(H,14,15). The van der Waals surface area contributed by atoms with Crippen LogP contribution in [0.2, 0.25) is 0 Å². The number of aliphatic carboxylic acids is 1. The summed E-state index contributed by atoms with van der Waals surface area (Å²) >= 11 is 0. The second kappa shape index (κ2) is 6.85. The quantitative estimate of drug-likeness (QED) is 0.651. The molecule has 0 spiro atoms. The van der Waals surface area contributed by atoms with Crippen molar-refractivity contribution in [3.63, 3.8) is 0 Å². The molecule has 0 aromatic carbocycles. The van der Waals surface area contributed by atoms with Gasteiger partial charge in [0.25, 0.3) is 0 Å². The number of hydrogen-bond acceptors (Lipinski definition) is 5. The summed E-state index contributed by atoms with van der Waals surface area (Å²) in [6.45, 7) is 0. The highest BCUT2D eigenvalue weighted by molar-refractivity contribution is 7.90. The summed E-state index contributed by atoms with van der Waals surface area (Å²) in [4.78, 5) is 22.0. The molecule has 0 heterocycles. The fraction of sp³-hybridized carbons (Fsp3) is 0.818. The van der Waals surface area contributed by atoms with Crippen molar-refractivity contribution < 1.29 is 27.9 Å². The molecule has 1 unspecified atom stereocenters. The van der Waals surface area contributed by atoms with Crippen molar-refractivity contribution in [1.29, 1.82) is 0 Å². The van der Waals surface area contributed by atoms with Crippen molar-refractivity contribution in [3.8, 4) is 0 Å². The molecule has 8 heteroatoms. The molecule has 1 saturated carbocycles. The lowest BCUT2D eigenvalue weighted by Gasteiger charge is -2.17. The number of nitrogens with one attached hydrogen (secondary N) is 1. The second-order valence-electron chi connectivity index (χ2n) is 4.57. The van der Waals surface area contributed by atoms with Gasteiger partial charge >= 0.3 is 11.9 Å². The molecule has 1 aliphatic carbocycles. The highest BCUT2D eigenvalue weighted by Gasteiger charge is 2.32. The SMILES string of the molecule is COC(=O)CCC(NS(=O)(=O)C1CCCC1)C(=O)O. The van der Waals surface area contributed by atoms with Crippen molar-refractivity contribution in [2.75, 3.05) is 7.11 Å². The van der Waals surface area contributed by atoms with Crippen molar-refractivity contribution >= 4 is 22.0 Å². The summed E-state index contributed by atoms with van der Waals surface area (Å²) in [6.07, 6.45) is 2.53. The molecule has 0 aromatic heterocycles. The zero-order valence-electron chi connectivity index (χ0n) is 10.8. The molecule has 1 aliphatic rings. The number of esters is 1. The van der Waals surface area contributed by atoms with Crippen LogP contribution >= 0.6 is 0 Å². The van der Waals surface area contributed by atoms with Gasteiger partial charge in [-0.3, -0.25) is 9.59 Å². The van der Waals surface area contributed by atoms with Crippen LogP contribution in [0.3, 0.4) is 0 Å². The lowest BCUT2D eigenvalue weighted by atomic mass is 10.2. The topological polar surface area (TPSA) is 110 Å². The average Bonchev–Trinajstić information content (AvgIpc) is 2.88. The van der Waals surface area contributed by atoms with Crippen LogP contribution in [-0.2, 0) is 24.3 Å². The van der Waals surface area contributed by atoms with Crippen LogP contribution < -0.4 is 4.72 Å². The average molecular weight is 293 g/mol. The third kappa shape index (κ3) is 4.79. The van der Waals surface area contributed by atoms with Crippen LogP contribution in [0.5, 0.6) is 0 Å². The maximum atomic E-state index is 12.0. The first kappa shape index (κ1) is 15.9. The Morgan fingerprint density at radius 2 is 1.95 bits per heavy atom. The smallest absolute Gasteiger partial charge is 0.321 e. The fourth-order valence-corrected chi connectivity index (χ4v) is 3.85. The van der Waals surface area contributed by atoms with Gasteiger partial charge in [0.05, 0.1) is 12.4 Å². The van der Waals surface area contributed by atoms with Crippen LogP contribution in [0.1, 0.15) is 38.5 Å². The Kier molecular flexibility index (Phi) is 5.74. The summed E-state index contributed by atoms with van der Waals surface area (Å²) in [5.41, 5.74) is 0. The first-order valence-corrected chi connectivity index (χ1v) is 7.72. The number of ether oxygens (including phenoxy) is 1. The van der Waals surface area contributed by atoms with E-state index in [4.69, 9.17) is 5.11 Å². The molecule has 7 nitrogen and oxygen atoms in total. The zero-order chi connectivity index (χ0) is 14.5. The first-order chi connectivity index (χ1) is 8.86. The summed E-state index contributed by atoms with van der Waals surface area (Å²) in [5.74, 6) is -1.85. The van der Waals surface area contributed by atoms with E-state index < -0.39 is 33.3 Å². The van der Waals surface area contributed by atoms with E-state index in [1.54, 1.807) is 0 Å². The van der Waals surface area contributed by atoms with E-state index in [9.17, 15) is 18.0 Å². The number of sulfonamides is 1. The van der Waals surface area contributed by atoms with Crippen LogP contribution in [0, 0.1) is 0 Å². The van der Waals surface area contributed by atoms with E-state index >= 15 is 0 Å². The normalized spacial score (nSPS) is 18.2. The lowest BCUT2D eigenvalue weighted by Crippen LogP contribution is -2.44. The zero-order valence-corrected chi connectivity index (χ0v) is 11.6. The largest absolute Gasteiger partial charge is 0.480 e. The molecule has 0 amide bonds. The number of carbonyl (C=O) groups is 2. The highest BCUT2D eigenvalue weighted by atomic mass is 32.2.